The van der Waals surface area contributed by atoms with Gasteiger partial charge in [0, 0.05) is 10.4 Å². The number of rotatable bonds is 17. The van der Waals surface area contributed by atoms with Crippen molar-refractivity contribution in [3.05, 3.63) is 57.3 Å². The van der Waals surface area contributed by atoms with Crippen molar-refractivity contribution in [3.63, 3.8) is 0 Å². The highest BCUT2D eigenvalue weighted by Crippen LogP contribution is 2.36. The zero-order valence-corrected chi connectivity index (χ0v) is 27.5. The molecule has 1 aromatic carbocycles. The van der Waals surface area contributed by atoms with E-state index in [4.69, 9.17) is 18.6 Å². The molecule has 0 saturated heterocycles. The summed E-state index contributed by atoms with van der Waals surface area (Å²) in [4.78, 5) is 25.5. The minimum atomic E-state index is -1.68. The average molecular weight is 589 g/mol. The van der Waals surface area contributed by atoms with Crippen LogP contribution in [-0.2, 0) is 20.5 Å². The molecule has 0 fully saturated rings. The third-order valence-electron chi connectivity index (χ3n) is 8.20. The monoisotopic (exact) mass is 588 g/mol. The molecule has 0 bridgehead atoms. The maximum Gasteiger partial charge on any atom is 0.338 e. The van der Waals surface area contributed by atoms with Crippen LogP contribution in [0.4, 0.5) is 0 Å². The number of methoxy groups -OCH3 is 2. The molecule has 0 saturated carbocycles. The van der Waals surface area contributed by atoms with E-state index >= 15 is 0 Å². The molecular formula is C32H48O6SSi. The Hall–Kier alpha value is -2.42. The second-order valence-electron chi connectivity index (χ2n) is 10.2. The normalized spacial score (nSPS) is 12.3. The first-order chi connectivity index (χ1) is 19.2. The molecule has 0 aliphatic heterocycles. The topological polar surface area (TPSA) is 71.1 Å². The zero-order chi connectivity index (χ0) is 29.8. The summed E-state index contributed by atoms with van der Waals surface area (Å²) in [5, 5.41) is 2.11. The van der Waals surface area contributed by atoms with E-state index < -0.39 is 20.3 Å². The van der Waals surface area contributed by atoms with E-state index in [1.54, 1.807) is 17.4 Å². The van der Waals surface area contributed by atoms with E-state index in [2.05, 4.69) is 59.1 Å². The van der Waals surface area contributed by atoms with Crippen LogP contribution in [0.2, 0.25) is 18.1 Å². The summed E-state index contributed by atoms with van der Waals surface area (Å²) in [6.07, 6.45) is 7.49. The van der Waals surface area contributed by atoms with Crippen molar-refractivity contribution in [1.29, 1.82) is 0 Å². The molecule has 2 rings (SSSR count). The van der Waals surface area contributed by atoms with E-state index in [0.717, 1.165) is 37.7 Å². The first-order valence-electron chi connectivity index (χ1n) is 14.6. The summed E-state index contributed by atoms with van der Waals surface area (Å²) < 4.78 is 22.6. The third kappa shape index (κ3) is 8.54. The Morgan fingerprint density at radius 1 is 0.900 bits per heavy atom. The SMILES string of the molecule is CC/C(=C\CCC(CC)(CC)O[Si](CC)(CC)CC)c1cc(COc2ccc(C(=O)OC)c(C(=O)OC)c2)cs1. The van der Waals surface area contributed by atoms with Crippen molar-refractivity contribution in [3.8, 4) is 5.75 Å². The van der Waals surface area contributed by atoms with Gasteiger partial charge in [-0.1, -0.05) is 47.6 Å². The van der Waals surface area contributed by atoms with E-state index in [9.17, 15) is 9.59 Å². The molecule has 8 heteroatoms. The Morgan fingerprint density at radius 3 is 2.08 bits per heavy atom. The van der Waals surface area contributed by atoms with E-state index in [0.29, 0.717) is 12.4 Å². The van der Waals surface area contributed by atoms with Crippen molar-refractivity contribution >= 4 is 37.2 Å². The maximum absolute atomic E-state index is 12.2. The van der Waals surface area contributed by atoms with E-state index in [1.165, 1.54) is 54.9 Å². The van der Waals surface area contributed by atoms with E-state index in [1.807, 2.05) is 0 Å². The molecule has 1 heterocycles. The molecule has 222 valence electrons. The molecule has 0 aliphatic rings. The predicted molar refractivity (Wildman–Crippen MR) is 167 cm³/mol. The highest BCUT2D eigenvalue weighted by atomic mass is 32.1. The molecule has 0 N–H and O–H groups in total. The minimum absolute atomic E-state index is 0.0372. The largest absolute Gasteiger partial charge is 0.489 e. The number of hydrogen-bond donors (Lipinski definition) is 0. The van der Waals surface area contributed by atoms with Gasteiger partial charge in [0.2, 0.25) is 0 Å². The second-order valence-corrected chi connectivity index (χ2v) is 15.8. The summed E-state index contributed by atoms with van der Waals surface area (Å²) in [6, 6.07) is 10.4. The van der Waals surface area contributed by atoms with Gasteiger partial charge >= 0.3 is 11.9 Å². The van der Waals surface area contributed by atoms with Gasteiger partial charge in [-0.25, -0.2) is 9.59 Å². The number of hydrogen-bond acceptors (Lipinski definition) is 7. The fourth-order valence-corrected chi connectivity index (χ4v) is 9.37. The lowest BCUT2D eigenvalue weighted by molar-refractivity contribution is 0.0397. The molecule has 2 aromatic rings. The zero-order valence-electron chi connectivity index (χ0n) is 25.7. The molecule has 0 radical (unpaired) electrons. The molecular weight excluding hydrogens is 540 g/mol. The first kappa shape index (κ1) is 33.8. The summed E-state index contributed by atoms with van der Waals surface area (Å²) in [6.45, 7) is 14.0. The van der Waals surface area contributed by atoms with Gasteiger partial charge in [0.1, 0.15) is 12.4 Å². The molecule has 0 amide bonds. The number of benzene rings is 1. The van der Waals surface area contributed by atoms with Crippen molar-refractivity contribution in [2.75, 3.05) is 14.2 Å². The molecule has 40 heavy (non-hydrogen) atoms. The maximum atomic E-state index is 12.2. The van der Waals surface area contributed by atoms with Gasteiger partial charge < -0.3 is 18.6 Å². The quantitative estimate of drug-likeness (QED) is 0.136. The molecule has 0 spiro atoms. The average Bonchev–Trinajstić information content (AvgIpc) is 3.48. The van der Waals surface area contributed by atoms with Crippen LogP contribution >= 0.6 is 11.3 Å². The lowest BCUT2D eigenvalue weighted by Crippen LogP contribution is -2.46. The Labute approximate surface area is 246 Å². The van der Waals surface area contributed by atoms with Crippen LogP contribution in [0.25, 0.3) is 5.57 Å². The number of carbonyl (C=O) groups is 2. The number of carbonyl (C=O) groups excluding carboxylic acids is 2. The summed E-state index contributed by atoms with van der Waals surface area (Å²) in [5.41, 5.74) is 2.62. The van der Waals surface area contributed by atoms with Crippen LogP contribution in [0.1, 0.15) is 105 Å². The Balaban J connectivity index is 2.12. The molecule has 1 aromatic heterocycles. The van der Waals surface area contributed by atoms with Crippen molar-refractivity contribution in [1.82, 2.24) is 0 Å². The Bertz CT molecular complexity index is 1120. The van der Waals surface area contributed by atoms with Crippen LogP contribution in [0.5, 0.6) is 5.75 Å². The van der Waals surface area contributed by atoms with Crippen LogP contribution < -0.4 is 4.74 Å². The van der Waals surface area contributed by atoms with Gasteiger partial charge in [0.05, 0.1) is 30.9 Å². The van der Waals surface area contributed by atoms with Gasteiger partial charge in [-0.3, -0.25) is 0 Å². The highest BCUT2D eigenvalue weighted by Gasteiger charge is 2.38. The molecule has 0 unspecified atom stereocenters. The second kappa shape index (κ2) is 16.1. The van der Waals surface area contributed by atoms with Crippen molar-refractivity contribution in [2.24, 2.45) is 0 Å². The van der Waals surface area contributed by atoms with Crippen LogP contribution in [0.15, 0.2) is 35.7 Å². The van der Waals surface area contributed by atoms with Crippen molar-refractivity contribution in [2.45, 2.75) is 104 Å². The molecule has 0 atom stereocenters. The van der Waals surface area contributed by atoms with Gasteiger partial charge in [-0.15, -0.1) is 11.3 Å². The van der Waals surface area contributed by atoms with Gasteiger partial charge in [-0.2, -0.15) is 0 Å². The van der Waals surface area contributed by atoms with Crippen LogP contribution in [0.3, 0.4) is 0 Å². The Kier molecular flexibility index (Phi) is 13.6. The predicted octanol–water partition coefficient (Wildman–Crippen LogP) is 9.05. The smallest absolute Gasteiger partial charge is 0.338 e. The minimum Gasteiger partial charge on any atom is -0.489 e. The van der Waals surface area contributed by atoms with Gasteiger partial charge in [0.15, 0.2) is 8.32 Å². The molecule has 0 aliphatic carbocycles. The van der Waals surface area contributed by atoms with Crippen molar-refractivity contribution < 1.29 is 28.2 Å². The summed E-state index contributed by atoms with van der Waals surface area (Å²) in [5.74, 6) is -0.736. The number of ether oxygens (including phenoxy) is 3. The lowest BCUT2D eigenvalue weighted by atomic mass is 9.91. The van der Waals surface area contributed by atoms with Crippen LogP contribution in [-0.4, -0.2) is 40.1 Å². The Morgan fingerprint density at radius 2 is 1.52 bits per heavy atom. The summed E-state index contributed by atoms with van der Waals surface area (Å²) in [7, 11) is 0.866. The fraction of sp³-hybridized carbons (Fsp3) is 0.562. The first-order valence-corrected chi connectivity index (χ1v) is 18.0. The third-order valence-corrected chi connectivity index (χ3v) is 14.0. The highest BCUT2D eigenvalue weighted by molar-refractivity contribution is 7.11. The van der Waals surface area contributed by atoms with Gasteiger partial charge in [0.25, 0.3) is 0 Å². The number of esters is 2. The fourth-order valence-electron chi connectivity index (χ4n) is 5.12. The van der Waals surface area contributed by atoms with Crippen LogP contribution in [0, 0.1) is 0 Å². The number of allylic oxidation sites excluding steroid dienone is 2. The molecule has 6 nitrogen and oxygen atoms in total. The van der Waals surface area contributed by atoms with Gasteiger partial charge in [-0.05, 0) is 85.5 Å². The number of thiophene rings is 1. The summed E-state index contributed by atoms with van der Waals surface area (Å²) >= 11 is 1.72. The lowest BCUT2D eigenvalue weighted by Gasteiger charge is -2.42. The standard InChI is InChI=1S/C32H48O6SSi/c1-9-25(16-15-19-32(10-2,11-3)38-40(12-4,13-5)14-6)29-20-24(23-39-29)22-37-26-17-18-27(30(33)35-7)28(21-26)31(34)36-8/h16-18,20-21,23H,9-15,19,22H2,1-8H3/b25-16+. The van der Waals surface area contributed by atoms with E-state index in [-0.39, 0.29) is 16.7 Å².